The summed E-state index contributed by atoms with van der Waals surface area (Å²) < 4.78 is 75.3. The highest BCUT2D eigenvalue weighted by Crippen LogP contribution is 2.34. The number of imidazole rings is 1. The summed E-state index contributed by atoms with van der Waals surface area (Å²) in [7, 11) is -3.90. The lowest BCUT2D eigenvalue weighted by Gasteiger charge is -2.12. The zero-order chi connectivity index (χ0) is 42.8. The van der Waals surface area contributed by atoms with Crippen LogP contribution in [-0.4, -0.2) is 55.6 Å². The molecule has 8 aromatic rings. The maximum absolute atomic E-state index is 13.1. The Morgan fingerprint density at radius 2 is 1.57 bits per heavy atom. The normalized spacial score (nSPS) is 11.6. The highest BCUT2D eigenvalue weighted by atomic mass is 32.2. The molecule has 4 N–H and O–H groups in total. The summed E-state index contributed by atoms with van der Waals surface area (Å²) in [4.78, 5) is 30.2. The van der Waals surface area contributed by atoms with Crippen molar-refractivity contribution >= 4 is 27.0 Å². The lowest BCUT2D eigenvalue weighted by atomic mass is 9.98. The molecule has 3 heterocycles. The van der Waals surface area contributed by atoms with Crippen LogP contribution in [0.2, 0.25) is 0 Å². The van der Waals surface area contributed by atoms with Gasteiger partial charge in [-0.15, -0.1) is 0 Å². The number of nitrogens with one attached hydrogen (secondary N) is 1. The van der Waals surface area contributed by atoms with E-state index in [1.54, 1.807) is 47.0 Å². The third-order valence-electron chi connectivity index (χ3n) is 9.22. The second-order valence-corrected chi connectivity index (χ2v) is 14.9. The largest absolute Gasteiger partial charge is 0.478 e. The van der Waals surface area contributed by atoms with Crippen molar-refractivity contribution in [3.63, 3.8) is 0 Å². The van der Waals surface area contributed by atoms with Crippen molar-refractivity contribution in [2.75, 3.05) is 6.61 Å². The zero-order valence-corrected chi connectivity index (χ0v) is 32.5. The van der Waals surface area contributed by atoms with Gasteiger partial charge in [-0.1, -0.05) is 89.6 Å². The van der Waals surface area contributed by atoms with Crippen LogP contribution in [0.4, 0.5) is 13.2 Å². The number of aromatic carboxylic acids is 1. The van der Waals surface area contributed by atoms with Crippen molar-refractivity contribution in [2.24, 2.45) is 5.14 Å². The molecule has 0 aliphatic heterocycles. The van der Waals surface area contributed by atoms with Crippen molar-refractivity contribution in [2.45, 2.75) is 31.5 Å². The molecule has 60 heavy (non-hydrogen) atoms. The number of nitrogens with zero attached hydrogens (tertiary/aromatic N) is 5. The molecule has 0 saturated heterocycles. The number of primary sulfonamides is 1. The Kier molecular flexibility index (Phi) is 11.2. The van der Waals surface area contributed by atoms with Gasteiger partial charge in [0.05, 0.1) is 46.0 Å². The Morgan fingerprint density at radius 3 is 2.17 bits per heavy atom. The van der Waals surface area contributed by atoms with Crippen LogP contribution < -0.4 is 15.6 Å². The summed E-state index contributed by atoms with van der Waals surface area (Å²) in [6.45, 7) is 4.52. The average molecular weight is 838 g/mol. The fourth-order valence-electron chi connectivity index (χ4n) is 6.41. The Labute approximate surface area is 339 Å². The fourth-order valence-corrected chi connectivity index (χ4v) is 6.92. The summed E-state index contributed by atoms with van der Waals surface area (Å²) in [5.74, 6) is -1.27. The molecule has 0 bridgehead atoms. The quantitative estimate of drug-likeness (QED) is 0.123. The van der Waals surface area contributed by atoms with Crippen LogP contribution in [0.5, 0.6) is 6.01 Å². The SMILES string of the molecule is CCOc1nc2cccc(C(=O)O)c2n1Cc1ccc(-c2ccccc2-c2noc(=O)[nH]2)cc1.Cc1ccc(-c2cc(C(F)(F)F)nn2-c2ccc(S(N)(=O)=O)cc2)cc1. The molecule has 0 spiro atoms. The molecule has 0 amide bonds. The number of halogens is 3. The lowest BCUT2D eigenvalue weighted by molar-refractivity contribution is -0.141. The number of rotatable bonds is 10. The van der Waals surface area contributed by atoms with Crippen LogP contribution in [0.15, 0.2) is 136 Å². The van der Waals surface area contributed by atoms with Crippen LogP contribution in [0.3, 0.4) is 0 Å². The van der Waals surface area contributed by atoms with E-state index in [1.807, 2.05) is 62.4 Å². The number of para-hydroxylation sites is 1. The summed E-state index contributed by atoms with van der Waals surface area (Å²) in [5.41, 5.74) is 5.74. The number of alkyl halides is 3. The average Bonchev–Trinajstić information content (AvgIpc) is 3.96. The van der Waals surface area contributed by atoms with Crippen molar-refractivity contribution in [1.29, 1.82) is 0 Å². The van der Waals surface area contributed by atoms with Gasteiger partial charge in [0.2, 0.25) is 10.0 Å². The molecule has 0 aliphatic carbocycles. The highest BCUT2D eigenvalue weighted by molar-refractivity contribution is 7.89. The molecule has 0 fully saturated rings. The predicted molar refractivity (Wildman–Crippen MR) is 215 cm³/mol. The Bertz CT molecular complexity index is 2990. The first kappa shape index (κ1) is 40.9. The van der Waals surface area contributed by atoms with Crippen molar-refractivity contribution in [3.05, 3.63) is 154 Å². The summed E-state index contributed by atoms with van der Waals surface area (Å²) in [6.07, 6.45) is -4.61. The second kappa shape index (κ2) is 16.5. The topological polar surface area (TPSA) is 201 Å². The Hall–Kier alpha value is -7.31. The van der Waals surface area contributed by atoms with Crippen molar-refractivity contribution < 1.29 is 40.8 Å². The Morgan fingerprint density at radius 1 is 0.900 bits per heavy atom. The molecule has 0 aliphatic rings. The minimum absolute atomic E-state index is 0.138. The van der Waals surface area contributed by atoms with Gasteiger partial charge in [0, 0.05) is 11.1 Å². The van der Waals surface area contributed by atoms with Gasteiger partial charge in [-0.2, -0.15) is 23.3 Å². The van der Waals surface area contributed by atoms with Gasteiger partial charge in [-0.25, -0.2) is 27.8 Å². The molecule has 0 unspecified atom stereocenters. The van der Waals surface area contributed by atoms with E-state index in [1.165, 1.54) is 24.3 Å². The van der Waals surface area contributed by atoms with E-state index in [4.69, 9.17) is 9.88 Å². The molecule has 14 nitrogen and oxygen atoms in total. The number of nitrogens with two attached hydrogens (primary N) is 1. The smallest absolute Gasteiger partial charge is 0.439 e. The van der Waals surface area contributed by atoms with E-state index >= 15 is 0 Å². The number of carbonyl (C=O) groups is 1. The molecule has 3 aromatic heterocycles. The van der Waals surface area contributed by atoms with Gasteiger partial charge in [0.1, 0.15) is 0 Å². The van der Waals surface area contributed by atoms with Gasteiger partial charge in [0.25, 0.3) is 6.01 Å². The van der Waals surface area contributed by atoms with Crippen LogP contribution in [0.25, 0.3) is 50.5 Å². The van der Waals surface area contributed by atoms with Crippen LogP contribution in [0, 0.1) is 6.92 Å². The minimum atomic E-state index is -4.61. The van der Waals surface area contributed by atoms with Crippen LogP contribution in [-0.2, 0) is 22.7 Å². The molecule has 0 atom stereocenters. The number of aromatic nitrogens is 6. The molecule has 306 valence electrons. The van der Waals surface area contributed by atoms with Gasteiger partial charge in [-0.05, 0) is 73.0 Å². The van der Waals surface area contributed by atoms with Crippen LogP contribution >= 0.6 is 0 Å². The molecular formula is C42H34F3N7O7S. The number of aryl methyl sites for hydroxylation is 1. The number of benzene rings is 5. The van der Waals surface area contributed by atoms with Crippen LogP contribution in [0.1, 0.15) is 34.1 Å². The predicted octanol–water partition coefficient (Wildman–Crippen LogP) is 7.71. The maximum Gasteiger partial charge on any atom is 0.439 e. The van der Waals surface area contributed by atoms with Crippen molar-refractivity contribution in [3.8, 4) is 45.5 Å². The van der Waals surface area contributed by atoms with E-state index in [2.05, 4.69) is 24.7 Å². The molecular weight excluding hydrogens is 804 g/mol. The highest BCUT2D eigenvalue weighted by Gasteiger charge is 2.35. The first-order valence-electron chi connectivity index (χ1n) is 18.1. The number of hydrogen-bond donors (Lipinski definition) is 3. The lowest BCUT2D eigenvalue weighted by Crippen LogP contribution is -2.12. The van der Waals surface area contributed by atoms with Gasteiger partial charge < -0.3 is 9.84 Å². The van der Waals surface area contributed by atoms with Gasteiger partial charge in [0.15, 0.2) is 11.5 Å². The van der Waals surface area contributed by atoms with E-state index in [0.717, 1.165) is 38.6 Å². The number of H-pyrrole nitrogens is 1. The summed E-state index contributed by atoms with van der Waals surface area (Å²) in [5, 5.41) is 22.2. The number of carboxylic acids is 1. The minimum Gasteiger partial charge on any atom is -0.478 e. The van der Waals surface area contributed by atoms with E-state index < -0.39 is 33.6 Å². The molecule has 0 radical (unpaired) electrons. The fraction of sp³-hybridized carbons (Fsp3) is 0.119. The third kappa shape index (κ3) is 8.74. The first-order chi connectivity index (χ1) is 28.6. The number of ether oxygens (including phenoxy) is 1. The van der Waals surface area contributed by atoms with Gasteiger partial charge in [-0.3, -0.25) is 14.1 Å². The zero-order valence-electron chi connectivity index (χ0n) is 31.7. The summed E-state index contributed by atoms with van der Waals surface area (Å²) >= 11 is 0. The number of hydrogen-bond acceptors (Lipinski definition) is 9. The van der Waals surface area contributed by atoms with E-state index in [9.17, 15) is 36.3 Å². The number of aromatic amines is 1. The van der Waals surface area contributed by atoms with E-state index in [-0.39, 0.29) is 21.8 Å². The standard InChI is InChI=1S/C25H20N4O5.C17H14F3N3O2S/c1-2-33-24-26-20-9-5-8-19(23(30)31)21(20)29(24)14-15-10-12-16(13-11-15)17-6-3-4-7-18(17)22-27-25(32)34-28-22;1-11-2-4-12(5-3-11)15-10-16(17(18,19)20)22-23(15)13-6-8-14(9-7-13)26(21,24)25/h3-13H,2,14H2,1H3,(H,30,31)(H,27,28,32);2-10H,1H3,(H2,21,24,25). The molecule has 5 aromatic carbocycles. The summed E-state index contributed by atoms with van der Waals surface area (Å²) in [6, 6.07) is 33.8. The second-order valence-electron chi connectivity index (χ2n) is 13.3. The van der Waals surface area contributed by atoms with E-state index in [0.29, 0.717) is 41.6 Å². The third-order valence-corrected chi connectivity index (χ3v) is 10.1. The maximum atomic E-state index is 13.1. The van der Waals surface area contributed by atoms with Crippen molar-refractivity contribution in [1.82, 2.24) is 29.5 Å². The first-order valence-corrected chi connectivity index (χ1v) is 19.6. The van der Waals surface area contributed by atoms with Gasteiger partial charge >= 0.3 is 17.9 Å². The molecule has 18 heteroatoms. The number of carboxylic acid groups (broad SMARTS) is 1. The number of sulfonamides is 1. The molecule has 8 rings (SSSR count). The number of fused-ring (bicyclic) bond motifs is 1. The monoisotopic (exact) mass is 837 g/mol. The molecule has 0 saturated carbocycles. The Balaban J connectivity index is 0.000000189.